The van der Waals surface area contributed by atoms with Crippen molar-refractivity contribution in [2.75, 3.05) is 20.8 Å². The second-order valence-electron chi connectivity index (χ2n) is 10.3. The van der Waals surface area contributed by atoms with Crippen LogP contribution in [0.25, 0.3) is 11.6 Å². The van der Waals surface area contributed by atoms with E-state index in [9.17, 15) is 4.79 Å². The van der Waals surface area contributed by atoms with E-state index in [2.05, 4.69) is 24.3 Å². The van der Waals surface area contributed by atoms with Gasteiger partial charge in [0.1, 0.15) is 18.1 Å². The summed E-state index contributed by atoms with van der Waals surface area (Å²) in [6.07, 6.45) is 10.4. The first-order valence-electron chi connectivity index (χ1n) is 11.8. The highest BCUT2D eigenvalue weighted by Crippen LogP contribution is 2.62. The van der Waals surface area contributed by atoms with Gasteiger partial charge in [0.05, 0.1) is 19.8 Å². The van der Waals surface area contributed by atoms with E-state index in [4.69, 9.17) is 14.2 Å². The molecule has 5 aliphatic rings. The van der Waals surface area contributed by atoms with E-state index in [0.717, 1.165) is 46.0 Å². The predicted octanol–water partition coefficient (Wildman–Crippen LogP) is 5.88. The Morgan fingerprint density at radius 2 is 1.69 bits per heavy atom. The molecule has 0 radical (unpaired) electrons. The molecule has 4 aliphatic carbocycles. The van der Waals surface area contributed by atoms with Gasteiger partial charge in [-0.05, 0) is 103 Å². The van der Waals surface area contributed by atoms with Gasteiger partial charge < -0.3 is 14.2 Å². The Balaban J connectivity index is 1.35. The number of carbonyl (C=O) groups is 1. The summed E-state index contributed by atoms with van der Waals surface area (Å²) in [5, 5.41) is 0. The summed E-state index contributed by atoms with van der Waals surface area (Å²) < 4.78 is 16.8. The maximum Gasteiger partial charge on any atom is 0.337 e. The van der Waals surface area contributed by atoms with Crippen LogP contribution in [0.2, 0.25) is 0 Å². The molecule has 1 aliphatic heterocycles. The first kappa shape index (κ1) is 19.9. The van der Waals surface area contributed by atoms with Gasteiger partial charge in [0, 0.05) is 11.1 Å². The van der Waals surface area contributed by atoms with Crippen molar-refractivity contribution in [1.29, 1.82) is 0 Å². The Labute approximate surface area is 189 Å². The Kier molecular flexibility index (Phi) is 4.60. The lowest BCUT2D eigenvalue weighted by Crippen LogP contribution is -2.48. The zero-order valence-electron chi connectivity index (χ0n) is 18.9. The van der Waals surface area contributed by atoms with Gasteiger partial charge in [-0.3, -0.25) is 0 Å². The van der Waals surface area contributed by atoms with E-state index >= 15 is 0 Å². The molecule has 0 saturated heterocycles. The topological polar surface area (TPSA) is 44.8 Å². The fraction of sp³-hybridized carbons (Fsp3) is 0.464. The number of fused-ring (bicyclic) bond motifs is 1. The number of benzene rings is 2. The summed E-state index contributed by atoms with van der Waals surface area (Å²) in [5.74, 6) is 4.18. The molecule has 2 aromatic rings. The van der Waals surface area contributed by atoms with Crippen molar-refractivity contribution in [2.24, 2.45) is 17.8 Å². The van der Waals surface area contributed by atoms with Crippen LogP contribution in [0.4, 0.5) is 0 Å². The predicted molar refractivity (Wildman–Crippen MR) is 124 cm³/mol. The van der Waals surface area contributed by atoms with E-state index in [-0.39, 0.29) is 5.97 Å². The van der Waals surface area contributed by atoms with Crippen molar-refractivity contribution in [3.8, 4) is 11.5 Å². The van der Waals surface area contributed by atoms with Gasteiger partial charge >= 0.3 is 5.97 Å². The third-order valence-corrected chi connectivity index (χ3v) is 8.33. The van der Waals surface area contributed by atoms with Crippen molar-refractivity contribution in [1.82, 2.24) is 0 Å². The molecular formula is C28H30O4. The Morgan fingerprint density at radius 3 is 2.34 bits per heavy atom. The summed E-state index contributed by atoms with van der Waals surface area (Å²) in [4.78, 5) is 11.9. The van der Waals surface area contributed by atoms with Crippen molar-refractivity contribution < 1.29 is 19.0 Å². The molecule has 4 fully saturated rings. The van der Waals surface area contributed by atoms with Gasteiger partial charge in [-0.1, -0.05) is 12.1 Å². The molecule has 32 heavy (non-hydrogen) atoms. The molecule has 0 aromatic heterocycles. The van der Waals surface area contributed by atoms with Crippen LogP contribution in [0.1, 0.15) is 65.6 Å². The monoisotopic (exact) mass is 430 g/mol. The standard InChI is InChI=1S/C28H30O4/c1-30-26-12-20(23-11-22-10-21(27(29)31-2)4-6-25(22)32-16-23)3-5-24(26)28-13-17-7-18(14-28)9-19(8-17)15-28/h3-6,10-12,17-19H,7-9,13-16H2,1-2H3. The minimum absolute atomic E-state index is 0.304. The average Bonchev–Trinajstić information content (AvgIpc) is 2.81. The van der Waals surface area contributed by atoms with Crippen LogP contribution in [-0.2, 0) is 10.2 Å². The molecule has 4 saturated carbocycles. The molecule has 2 aromatic carbocycles. The van der Waals surface area contributed by atoms with Crippen LogP contribution in [0, 0.1) is 17.8 Å². The molecule has 7 rings (SSSR count). The number of carbonyl (C=O) groups excluding carboxylic acids is 1. The fourth-order valence-corrected chi connectivity index (χ4v) is 7.36. The highest BCUT2D eigenvalue weighted by molar-refractivity contribution is 5.93. The number of hydrogen-bond acceptors (Lipinski definition) is 4. The van der Waals surface area contributed by atoms with Gasteiger partial charge in [-0.25, -0.2) is 4.79 Å². The Bertz CT molecular complexity index is 1080. The second-order valence-corrected chi connectivity index (χ2v) is 10.3. The first-order chi connectivity index (χ1) is 15.6. The number of hydrogen-bond donors (Lipinski definition) is 0. The molecule has 4 heteroatoms. The summed E-state index contributed by atoms with van der Waals surface area (Å²) in [6, 6.07) is 12.2. The average molecular weight is 431 g/mol. The molecule has 0 atom stereocenters. The first-order valence-corrected chi connectivity index (χ1v) is 11.8. The molecule has 4 bridgehead atoms. The summed E-state index contributed by atoms with van der Waals surface area (Å²) in [7, 11) is 3.20. The molecule has 0 unspecified atom stereocenters. The summed E-state index contributed by atoms with van der Waals surface area (Å²) in [6.45, 7) is 0.504. The van der Waals surface area contributed by atoms with Crippen molar-refractivity contribution in [3.05, 3.63) is 58.7 Å². The van der Waals surface area contributed by atoms with E-state index in [1.807, 2.05) is 12.1 Å². The fourth-order valence-electron chi connectivity index (χ4n) is 7.36. The molecule has 0 amide bonds. The van der Waals surface area contributed by atoms with E-state index < -0.39 is 0 Å². The molecule has 166 valence electrons. The third kappa shape index (κ3) is 3.15. The lowest BCUT2D eigenvalue weighted by Gasteiger charge is -2.57. The minimum Gasteiger partial charge on any atom is -0.496 e. The zero-order valence-corrected chi connectivity index (χ0v) is 18.9. The van der Waals surface area contributed by atoms with Crippen LogP contribution in [0.5, 0.6) is 11.5 Å². The van der Waals surface area contributed by atoms with Gasteiger partial charge in [0.25, 0.3) is 0 Å². The van der Waals surface area contributed by atoms with Gasteiger partial charge in [-0.15, -0.1) is 0 Å². The summed E-state index contributed by atoms with van der Waals surface area (Å²) >= 11 is 0. The normalized spacial score (nSPS) is 29.7. The largest absolute Gasteiger partial charge is 0.496 e. The quantitative estimate of drug-likeness (QED) is 0.568. The molecular weight excluding hydrogens is 400 g/mol. The number of methoxy groups -OCH3 is 2. The van der Waals surface area contributed by atoms with Gasteiger partial charge in [0.2, 0.25) is 0 Å². The van der Waals surface area contributed by atoms with Crippen LogP contribution in [-0.4, -0.2) is 26.8 Å². The van der Waals surface area contributed by atoms with E-state index in [0.29, 0.717) is 17.6 Å². The SMILES string of the molecule is COC(=O)c1ccc2c(c1)C=C(c1ccc(C34CC5CC(CC(C5)C3)C4)c(OC)c1)CO2. The Hall–Kier alpha value is -2.75. The number of rotatable bonds is 4. The molecule has 4 nitrogen and oxygen atoms in total. The smallest absolute Gasteiger partial charge is 0.337 e. The lowest BCUT2D eigenvalue weighted by atomic mass is 9.48. The zero-order chi connectivity index (χ0) is 21.9. The minimum atomic E-state index is -0.338. The second kappa shape index (κ2) is 7.40. The molecule has 1 heterocycles. The number of ether oxygens (including phenoxy) is 3. The third-order valence-electron chi connectivity index (χ3n) is 8.33. The van der Waals surface area contributed by atoms with Crippen LogP contribution in [0.3, 0.4) is 0 Å². The summed E-state index contributed by atoms with van der Waals surface area (Å²) in [5.41, 5.74) is 5.35. The van der Waals surface area contributed by atoms with Crippen LogP contribution >= 0.6 is 0 Å². The molecule has 0 spiro atoms. The van der Waals surface area contributed by atoms with E-state index in [1.165, 1.54) is 51.2 Å². The lowest BCUT2D eigenvalue weighted by molar-refractivity contribution is -0.00615. The van der Waals surface area contributed by atoms with Gasteiger partial charge in [-0.2, -0.15) is 0 Å². The van der Waals surface area contributed by atoms with Crippen molar-refractivity contribution in [3.63, 3.8) is 0 Å². The highest BCUT2D eigenvalue weighted by Gasteiger charge is 2.52. The van der Waals surface area contributed by atoms with Crippen LogP contribution < -0.4 is 9.47 Å². The highest BCUT2D eigenvalue weighted by atomic mass is 16.5. The molecule has 0 N–H and O–H groups in total. The Morgan fingerprint density at radius 1 is 0.969 bits per heavy atom. The van der Waals surface area contributed by atoms with Crippen molar-refractivity contribution in [2.45, 2.75) is 43.9 Å². The van der Waals surface area contributed by atoms with Crippen molar-refractivity contribution >= 4 is 17.6 Å². The maximum atomic E-state index is 11.9. The van der Waals surface area contributed by atoms with Crippen LogP contribution in [0.15, 0.2) is 36.4 Å². The maximum absolute atomic E-state index is 11.9. The van der Waals surface area contributed by atoms with Gasteiger partial charge in [0.15, 0.2) is 0 Å². The number of esters is 1. The van der Waals surface area contributed by atoms with E-state index in [1.54, 1.807) is 13.2 Å².